The lowest BCUT2D eigenvalue weighted by Gasteiger charge is -2.47. The third-order valence-corrected chi connectivity index (χ3v) is 14.5. The summed E-state index contributed by atoms with van der Waals surface area (Å²) in [7, 11) is -6.41. The van der Waals surface area contributed by atoms with Gasteiger partial charge in [-0.25, -0.2) is 12.7 Å². The number of β-lactam (4-membered cyclic amide) rings is 1. The van der Waals surface area contributed by atoms with Crippen LogP contribution in [0.15, 0.2) is 57.9 Å². The Labute approximate surface area is 230 Å². The second kappa shape index (κ2) is 10.6. The number of benzene rings is 2. The lowest BCUT2D eigenvalue weighted by Crippen LogP contribution is -2.67. The molecule has 1 heterocycles. The maximum absolute atomic E-state index is 14.0. The number of aryl methyl sites for hydroxylation is 1. The SMILES string of the molecule is Cc1ccc(S(=O)(=O)N(C(=O)[C@H](C)[C@H]2NC(=O)[C@@H]2[C@@H](C)O[Si](C)(C)C(C)(C)C)c2ccccc2Br)cc1. The van der Waals surface area contributed by atoms with Gasteiger partial charge in [0.05, 0.1) is 34.6 Å². The van der Waals surface area contributed by atoms with Crippen molar-refractivity contribution >= 4 is 51.8 Å². The number of carbonyl (C=O) groups excluding carboxylic acids is 2. The molecule has 0 spiro atoms. The van der Waals surface area contributed by atoms with E-state index in [2.05, 4.69) is 55.1 Å². The van der Waals surface area contributed by atoms with Crippen LogP contribution in [0.5, 0.6) is 0 Å². The highest BCUT2D eigenvalue weighted by molar-refractivity contribution is 9.10. The van der Waals surface area contributed by atoms with Crippen LogP contribution in [0.4, 0.5) is 5.69 Å². The van der Waals surface area contributed by atoms with E-state index in [0.29, 0.717) is 4.47 Å². The number of rotatable bonds is 8. The van der Waals surface area contributed by atoms with E-state index in [4.69, 9.17) is 4.43 Å². The average molecular weight is 610 g/mol. The Morgan fingerprint density at radius 1 is 1.08 bits per heavy atom. The van der Waals surface area contributed by atoms with Crippen molar-refractivity contribution in [2.45, 2.75) is 76.7 Å². The van der Waals surface area contributed by atoms with Gasteiger partial charge < -0.3 is 9.74 Å². The number of nitrogens with one attached hydrogen (secondary N) is 1. The van der Waals surface area contributed by atoms with Crippen molar-refractivity contribution in [3.05, 3.63) is 58.6 Å². The van der Waals surface area contributed by atoms with Crippen LogP contribution in [0.1, 0.15) is 40.2 Å². The molecule has 2 amide bonds. The smallest absolute Gasteiger partial charge is 0.270 e. The summed E-state index contributed by atoms with van der Waals surface area (Å²) in [5.74, 6) is -2.19. The highest BCUT2D eigenvalue weighted by atomic mass is 79.9. The molecule has 1 fully saturated rings. The molecule has 0 aromatic heterocycles. The van der Waals surface area contributed by atoms with Gasteiger partial charge in [0.15, 0.2) is 8.32 Å². The minimum Gasteiger partial charge on any atom is -0.413 e. The Balaban J connectivity index is 1.97. The Morgan fingerprint density at radius 3 is 2.16 bits per heavy atom. The van der Waals surface area contributed by atoms with Gasteiger partial charge in [-0.2, -0.15) is 0 Å². The Kier molecular flexibility index (Phi) is 8.49. The van der Waals surface area contributed by atoms with Crippen LogP contribution in [0.3, 0.4) is 0 Å². The lowest BCUT2D eigenvalue weighted by molar-refractivity contribution is -0.144. The molecule has 0 unspecified atom stereocenters. The van der Waals surface area contributed by atoms with E-state index in [1.165, 1.54) is 12.1 Å². The third kappa shape index (κ3) is 5.87. The van der Waals surface area contributed by atoms with Crippen LogP contribution in [0, 0.1) is 18.8 Å². The van der Waals surface area contributed by atoms with Gasteiger partial charge in [-0.15, -0.1) is 0 Å². The molecule has 4 atom stereocenters. The Bertz CT molecular complexity index is 1270. The van der Waals surface area contributed by atoms with E-state index in [1.807, 2.05) is 13.8 Å². The molecule has 10 heteroatoms. The number of para-hydroxylation sites is 1. The van der Waals surface area contributed by atoms with Gasteiger partial charge in [-0.05, 0) is 72.2 Å². The number of halogens is 1. The molecular weight excluding hydrogens is 572 g/mol. The predicted molar refractivity (Wildman–Crippen MR) is 152 cm³/mol. The van der Waals surface area contributed by atoms with Crippen LogP contribution in [-0.4, -0.2) is 40.7 Å². The molecule has 2 aromatic rings. The molecule has 37 heavy (non-hydrogen) atoms. The van der Waals surface area contributed by atoms with Crippen molar-refractivity contribution in [1.29, 1.82) is 0 Å². The van der Waals surface area contributed by atoms with Crippen molar-refractivity contribution in [3.63, 3.8) is 0 Å². The highest BCUT2D eigenvalue weighted by Gasteiger charge is 2.52. The van der Waals surface area contributed by atoms with Gasteiger partial charge in [-0.1, -0.05) is 57.5 Å². The summed E-state index contributed by atoms with van der Waals surface area (Å²) in [6.07, 6.45) is -0.416. The topological polar surface area (TPSA) is 92.8 Å². The van der Waals surface area contributed by atoms with E-state index >= 15 is 0 Å². The fourth-order valence-corrected chi connectivity index (χ4v) is 7.73. The number of carbonyl (C=O) groups is 2. The van der Waals surface area contributed by atoms with Crippen molar-refractivity contribution in [2.24, 2.45) is 11.8 Å². The average Bonchev–Trinajstić information content (AvgIpc) is 2.77. The largest absolute Gasteiger partial charge is 0.413 e. The lowest BCUT2D eigenvalue weighted by atomic mass is 9.78. The van der Waals surface area contributed by atoms with Gasteiger partial charge >= 0.3 is 0 Å². The second-order valence-corrected chi connectivity index (χ2v) is 18.7. The number of hydrogen-bond donors (Lipinski definition) is 1. The summed E-state index contributed by atoms with van der Waals surface area (Å²) in [5, 5.41) is 2.80. The van der Waals surface area contributed by atoms with Gasteiger partial charge in [0, 0.05) is 4.47 Å². The second-order valence-electron chi connectivity index (χ2n) is 11.3. The summed E-state index contributed by atoms with van der Waals surface area (Å²) in [4.78, 5) is 26.7. The summed E-state index contributed by atoms with van der Waals surface area (Å²) < 4.78 is 35.5. The molecule has 1 N–H and O–H groups in total. The third-order valence-electron chi connectivity index (χ3n) is 7.55. The molecule has 1 saturated heterocycles. The van der Waals surface area contributed by atoms with Crippen molar-refractivity contribution in [1.82, 2.24) is 5.32 Å². The standard InChI is InChI=1S/C27H37BrN2O5SSi/c1-17-13-15-20(16-14-17)36(33,34)30(22-12-10-9-11-21(22)28)26(32)18(2)24-23(25(31)29-24)19(3)35-37(7,8)27(4,5)6/h9-16,18-19,23-24H,1-8H3,(H,29,31)/t18-,19-,23-,24-/m1/s1. The molecule has 1 aliphatic heterocycles. The summed E-state index contributed by atoms with van der Waals surface area (Å²) in [6.45, 7) is 16.0. The van der Waals surface area contributed by atoms with Gasteiger partial charge in [-0.3, -0.25) is 9.59 Å². The zero-order valence-electron chi connectivity index (χ0n) is 22.7. The summed E-state index contributed by atoms with van der Waals surface area (Å²) >= 11 is 3.41. The van der Waals surface area contributed by atoms with Crippen molar-refractivity contribution < 1.29 is 22.4 Å². The maximum Gasteiger partial charge on any atom is 0.270 e. The zero-order valence-corrected chi connectivity index (χ0v) is 26.1. The molecule has 2 aromatic carbocycles. The number of nitrogens with zero attached hydrogens (tertiary/aromatic N) is 1. The summed E-state index contributed by atoms with van der Waals surface area (Å²) in [6, 6.07) is 12.5. The van der Waals surface area contributed by atoms with Crippen LogP contribution < -0.4 is 9.62 Å². The molecule has 0 saturated carbocycles. The van der Waals surface area contributed by atoms with E-state index < -0.39 is 48.2 Å². The van der Waals surface area contributed by atoms with Crippen LogP contribution in [0.2, 0.25) is 18.1 Å². The highest BCUT2D eigenvalue weighted by Crippen LogP contribution is 2.40. The molecule has 0 radical (unpaired) electrons. The van der Waals surface area contributed by atoms with Crippen LogP contribution in [0.25, 0.3) is 0 Å². The Morgan fingerprint density at radius 2 is 1.65 bits per heavy atom. The van der Waals surface area contributed by atoms with Crippen LogP contribution in [-0.2, 0) is 24.0 Å². The van der Waals surface area contributed by atoms with E-state index in [-0.39, 0.29) is 21.5 Å². The number of amides is 2. The molecule has 7 nitrogen and oxygen atoms in total. The maximum atomic E-state index is 14.0. The van der Waals surface area contributed by atoms with E-state index in [9.17, 15) is 18.0 Å². The fourth-order valence-electron chi connectivity index (χ4n) is 4.21. The van der Waals surface area contributed by atoms with Gasteiger partial charge in [0.1, 0.15) is 0 Å². The zero-order chi connectivity index (χ0) is 27.9. The fraction of sp³-hybridized carbons (Fsp3) is 0.481. The first kappa shape index (κ1) is 29.5. The minimum atomic E-state index is -4.24. The molecule has 0 bridgehead atoms. The number of sulfonamides is 1. The molecule has 202 valence electrons. The minimum absolute atomic E-state index is 0.0122. The van der Waals surface area contributed by atoms with Crippen molar-refractivity contribution in [3.8, 4) is 0 Å². The van der Waals surface area contributed by atoms with E-state index in [0.717, 1.165) is 9.87 Å². The first-order valence-corrected chi connectivity index (χ1v) is 17.5. The quantitative estimate of drug-likeness (QED) is 0.309. The first-order chi connectivity index (χ1) is 17.0. The number of anilines is 1. The summed E-state index contributed by atoms with van der Waals surface area (Å²) in [5.41, 5.74) is 1.12. The van der Waals surface area contributed by atoms with Gasteiger partial charge in [0.25, 0.3) is 10.0 Å². The van der Waals surface area contributed by atoms with E-state index in [1.54, 1.807) is 43.3 Å². The normalized spacial score (nSPS) is 20.0. The van der Waals surface area contributed by atoms with Crippen molar-refractivity contribution in [2.75, 3.05) is 4.31 Å². The molecule has 3 rings (SSSR count). The predicted octanol–water partition coefficient (Wildman–Crippen LogP) is 5.64. The number of hydrogen-bond acceptors (Lipinski definition) is 5. The first-order valence-electron chi connectivity index (χ1n) is 12.4. The Hall–Kier alpha value is -2.01. The van der Waals surface area contributed by atoms with Crippen LogP contribution >= 0.6 is 15.9 Å². The van der Waals surface area contributed by atoms with Gasteiger partial charge in [0.2, 0.25) is 11.8 Å². The monoisotopic (exact) mass is 608 g/mol. The molecule has 1 aliphatic rings. The molecule has 0 aliphatic carbocycles. The molecular formula is C27H37BrN2O5SSi.